The Morgan fingerprint density at radius 3 is 1.76 bits per heavy atom. The Bertz CT molecular complexity index is 3890. The second kappa shape index (κ2) is 11.2. The van der Waals surface area contributed by atoms with Crippen LogP contribution in [0.1, 0.15) is 11.0 Å². The molecule has 0 unspecified atom stereocenters. The average molecular weight is 694 g/mol. The van der Waals surface area contributed by atoms with Crippen molar-refractivity contribution in [2.45, 2.75) is 0 Å². The predicted octanol–water partition coefficient (Wildman–Crippen LogP) is 14.6. The third-order valence-corrected chi connectivity index (χ3v) is 10.8. The van der Waals surface area contributed by atoms with Gasteiger partial charge in [0.15, 0.2) is 0 Å². The number of furan rings is 1. The molecule has 10 aromatic carbocycles. The zero-order valence-electron chi connectivity index (χ0n) is 36.6. The molecule has 0 amide bonds. The zero-order chi connectivity index (χ0) is 42.3. The van der Waals surface area contributed by atoms with Crippen LogP contribution in [0.15, 0.2) is 192 Å². The van der Waals surface area contributed by atoms with Gasteiger partial charge in [-0.05, 0) is 114 Å². The zero-order valence-corrected chi connectivity index (χ0v) is 28.6. The number of rotatable bonds is 4. The molecule has 12 rings (SSSR count). The van der Waals surface area contributed by atoms with E-state index in [0.717, 1.165) is 55.0 Å². The Kier molecular flexibility index (Phi) is 4.70. The molecule has 0 atom stereocenters. The number of hydrogen-bond acceptors (Lipinski definition) is 1. The maximum Gasteiger partial charge on any atom is 0.136 e. The Labute approximate surface area is 322 Å². The van der Waals surface area contributed by atoms with Crippen molar-refractivity contribution >= 4 is 76.1 Å². The fourth-order valence-electron chi connectivity index (χ4n) is 8.35. The highest BCUT2D eigenvalue weighted by molar-refractivity contribution is 6.27. The van der Waals surface area contributed by atoms with Crippen LogP contribution in [0.4, 0.5) is 0 Å². The summed E-state index contributed by atoms with van der Waals surface area (Å²) >= 11 is 0. The average Bonchev–Trinajstić information content (AvgIpc) is 3.82. The summed E-state index contributed by atoms with van der Waals surface area (Å²) in [6.07, 6.45) is 0. The van der Waals surface area contributed by atoms with Crippen molar-refractivity contribution in [3.8, 4) is 39.1 Å². The largest absolute Gasteiger partial charge is 0.456 e. The van der Waals surface area contributed by atoms with E-state index >= 15 is 0 Å². The molecule has 0 radical (unpaired) electrons. The normalized spacial score (nSPS) is 14.1. The van der Waals surface area contributed by atoms with Crippen LogP contribution in [0.25, 0.3) is 115 Å². The van der Waals surface area contributed by atoms with Gasteiger partial charge in [0, 0.05) is 27.2 Å². The lowest BCUT2D eigenvalue weighted by atomic mass is 9.87. The van der Waals surface area contributed by atoms with E-state index in [2.05, 4.69) is 59.2 Å². The van der Waals surface area contributed by atoms with Gasteiger partial charge in [-0.2, -0.15) is 0 Å². The molecule has 2 heterocycles. The Morgan fingerprint density at radius 2 is 0.981 bits per heavy atom. The van der Waals surface area contributed by atoms with Crippen molar-refractivity contribution in [1.29, 1.82) is 0 Å². The highest BCUT2D eigenvalue weighted by Gasteiger charge is 2.18. The second-order valence-corrected chi connectivity index (χ2v) is 13.8. The van der Waals surface area contributed by atoms with E-state index in [9.17, 15) is 8.22 Å². The minimum Gasteiger partial charge on any atom is -0.456 e. The molecule has 2 aromatic heterocycles. The minimum absolute atomic E-state index is 0.0220. The molecule has 0 bridgehead atoms. The maximum absolute atomic E-state index is 9.41. The molecule has 0 aliphatic heterocycles. The van der Waals surface area contributed by atoms with Gasteiger partial charge in [0.25, 0.3) is 0 Å². The standard InChI is InChI=1S/C52H31NO/c1-3-10-32(11-4-1)39-23-18-33-21-27-44-40(24-19-34-20-26-43(39)51(33)52(34)44)37-13-9-12-35(28-37)36-22-25-42-46-30-48-45(31-50(46)54-49(42)29-36)41-16-7-8-17-47(41)53(48)38-14-5-2-6-15-38/h1-31H/i18D,19D,20D,21D,23D,24D,26D,27D. The van der Waals surface area contributed by atoms with Gasteiger partial charge in [-0.15, -0.1) is 0 Å². The van der Waals surface area contributed by atoms with Gasteiger partial charge in [-0.25, -0.2) is 0 Å². The first-order valence-corrected chi connectivity index (χ1v) is 17.9. The summed E-state index contributed by atoms with van der Waals surface area (Å²) in [5.74, 6) is 0. The lowest BCUT2D eigenvalue weighted by Gasteiger charge is -2.17. The van der Waals surface area contributed by atoms with Crippen LogP contribution in [0.5, 0.6) is 0 Å². The summed E-state index contributed by atoms with van der Waals surface area (Å²) in [6, 6.07) is 43.6. The molecule has 0 aliphatic rings. The minimum atomic E-state index is -0.301. The van der Waals surface area contributed by atoms with Gasteiger partial charge in [0.05, 0.1) is 22.0 Å². The molecule has 250 valence electrons. The van der Waals surface area contributed by atoms with Gasteiger partial charge in [0.2, 0.25) is 0 Å². The van der Waals surface area contributed by atoms with E-state index in [0.29, 0.717) is 22.1 Å². The number of hydrogen-bond donors (Lipinski definition) is 0. The molecule has 54 heavy (non-hydrogen) atoms. The SMILES string of the molecule is [2H]c1c([2H])c2c([2H])c([2H])c3c(-c4cccc(-c5ccc6c(c5)oc5cc7c8ccccc8n(-c8ccccc8)c7cc56)c4)c([2H])c([2H])c4c([2H])c([2H])c(c1-c1ccccc1)c2c43. The van der Waals surface area contributed by atoms with Crippen LogP contribution >= 0.6 is 0 Å². The lowest BCUT2D eigenvalue weighted by molar-refractivity contribution is 0.669. The van der Waals surface area contributed by atoms with Crippen molar-refractivity contribution < 1.29 is 15.4 Å². The summed E-state index contributed by atoms with van der Waals surface area (Å²) in [6.45, 7) is 0. The smallest absolute Gasteiger partial charge is 0.136 e. The first kappa shape index (κ1) is 22.7. The number of aromatic nitrogens is 1. The molecule has 2 nitrogen and oxygen atoms in total. The first-order valence-electron chi connectivity index (χ1n) is 21.9. The molecule has 0 N–H and O–H groups in total. The molecule has 0 spiro atoms. The van der Waals surface area contributed by atoms with Crippen molar-refractivity contribution in [2.24, 2.45) is 0 Å². The van der Waals surface area contributed by atoms with Crippen LogP contribution in [0.3, 0.4) is 0 Å². The van der Waals surface area contributed by atoms with Crippen LogP contribution in [-0.4, -0.2) is 4.57 Å². The fourth-order valence-corrected chi connectivity index (χ4v) is 8.35. The van der Waals surface area contributed by atoms with Crippen molar-refractivity contribution in [3.63, 3.8) is 0 Å². The Balaban J connectivity index is 1.07. The highest BCUT2D eigenvalue weighted by Crippen LogP contribution is 2.44. The topological polar surface area (TPSA) is 18.1 Å². The van der Waals surface area contributed by atoms with Gasteiger partial charge < -0.3 is 8.98 Å². The van der Waals surface area contributed by atoms with Gasteiger partial charge in [-0.1, -0.05) is 139 Å². The third kappa shape index (κ3) is 4.22. The molecule has 0 saturated heterocycles. The van der Waals surface area contributed by atoms with Crippen molar-refractivity contribution in [1.82, 2.24) is 4.57 Å². The second-order valence-electron chi connectivity index (χ2n) is 13.8. The predicted molar refractivity (Wildman–Crippen MR) is 228 cm³/mol. The summed E-state index contributed by atoms with van der Waals surface area (Å²) in [5, 5.41) is 5.23. The van der Waals surface area contributed by atoms with Crippen LogP contribution in [-0.2, 0) is 0 Å². The van der Waals surface area contributed by atoms with E-state index in [1.165, 1.54) is 0 Å². The van der Waals surface area contributed by atoms with Crippen LogP contribution < -0.4 is 0 Å². The monoisotopic (exact) mass is 693 g/mol. The first-order chi connectivity index (χ1) is 30.1. The maximum atomic E-state index is 9.41. The van der Waals surface area contributed by atoms with Crippen LogP contribution in [0.2, 0.25) is 0 Å². The lowest BCUT2D eigenvalue weighted by Crippen LogP contribution is -1.92. The fraction of sp³-hybridized carbons (Fsp3) is 0. The Hall–Kier alpha value is -7.16. The van der Waals surface area contributed by atoms with Crippen molar-refractivity contribution in [3.05, 3.63) is 188 Å². The van der Waals surface area contributed by atoms with Gasteiger partial charge in [-0.3, -0.25) is 0 Å². The van der Waals surface area contributed by atoms with E-state index in [-0.39, 0.29) is 86.4 Å². The number of nitrogens with zero attached hydrogens (tertiary/aromatic N) is 1. The summed E-state index contributed by atoms with van der Waals surface area (Å²) < 4.78 is 82.9. The molecule has 2 heteroatoms. The summed E-state index contributed by atoms with van der Waals surface area (Å²) in [7, 11) is 0. The summed E-state index contributed by atoms with van der Waals surface area (Å²) in [4.78, 5) is 0. The number of benzene rings is 10. The quantitative estimate of drug-likeness (QED) is 0.168. The molecule has 12 aromatic rings. The van der Waals surface area contributed by atoms with Crippen LogP contribution in [0, 0.1) is 0 Å². The van der Waals surface area contributed by atoms with Gasteiger partial charge in [0.1, 0.15) is 11.2 Å². The Morgan fingerprint density at radius 1 is 0.370 bits per heavy atom. The molecule has 0 fully saturated rings. The third-order valence-electron chi connectivity index (χ3n) is 10.8. The van der Waals surface area contributed by atoms with E-state index in [1.807, 2.05) is 60.7 Å². The van der Waals surface area contributed by atoms with E-state index in [4.69, 9.17) is 7.16 Å². The summed E-state index contributed by atoms with van der Waals surface area (Å²) in [5.41, 5.74) is 8.07. The van der Waals surface area contributed by atoms with E-state index in [1.54, 1.807) is 24.3 Å². The number of para-hydroxylation sites is 2. The highest BCUT2D eigenvalue weighted by atomic mass is 16.3. The van der Waals surface area contributed by atoms with E-state index < -0.39 is 0 Å². The van der Waals surface area contributed by atoms with Crippen molar-refractivity contribution in [2.75, 3.05) is 0 Å². The van der Waals surface area contributed by atoms with Gasteiger partial charge >= 0.3 is 0 Å². The molecule has 0 aliphatic carbocycles. The molecular weight excluding hydrogens is 655 g/mol. The molecular formula is C52H31NO. The number of fused-ring (bicyclic) bond motifs is 6. The molecule has 0 saturated carbocycles.